The number of nitrogens with one attached hydrogen (secondary N) is 2. The average molecular weight is 303 g/mol. The summed E-state index contributed by atoms with van der Waals surface area (Å²) in [5.74, 6) is -0.955. The van der Waals surface area contributed by atoms with Crippen LogP contribution in [0.25, 0.3) is 0 Å². The highest BCUT2D eigenvalue weighted by Gasteiger charge is 2.21. The zero-order chi connectivity index (χ0) is 16.1. The summed E-state index contributed by atoms with van der Waals surface area (Å²) in [5, 5.41) is 9.07. The summed E-state index contributed by atoms with van der Waals surface area (Å²) < 4.78 is 5.61. The minimum Gasteiger partial charge on any atom is -0.491 e. The van der Waals surface area contributed by atoms with Gasteiger partial charge in [0, 0.05) is 0 Å². The minimum atomic E-state index is -0.779. The van der Waals surface area contributed by atoms with Crippen LogP contribution in [0.15, 0.2) is 24.3 Å². The van der Waals surface area contributed by atoms with E-state index in [0.29, 0.717) is 18.0 Å². The van der Waals surface area contributed by atoms with Gasteiger partial charge in [-0.05, 0) is 18.6 Å². The van der Waals surface area contributed by atoms with E-state index in [1.165, 1.54) is 0 Å². The zero-order valence-electron chi connectivity index (χ0n) is 12.1. The fourth-order valence-electron chi connectivity index (χ4n) is 1.86. The number of aromatic nitrogens is 2. The molecule has 0 unspecified atom stereocenters. The van der Waals surface area contributed by atoms with E-state index in [0.717, 1.165) is 6.42 Å². The monoisotopic (exact) mass is 303 g/mol. The van der Waals surface area contributed by atoms with E-state index < -0.39 is 11.8 Å². The van der Waals surface area contributed by atoms with Crippen LogP contribution in [0.5, 0.6) is 5.75 Å². The van der Waals surface area contributed by atoms with Crippen molar-refractivity contribution in [1.82, 2.24) is 10.2 Å². The third-order valence-electron chi connectivity index (χ3n) is 2.85. The molecule has 8 nitrogen and oxygen atoms in total. The van der Waals surface area contributed by atoms with Gasteiger partial charge in [0.15, 0.2) is 5.69 Å². The Labute approximate surface area is 126 Å². The third-order valence-corrected chi connectivity index (χ3v) is 2.85. The van der Waals surface area contributed by atoms with E-state index in [4.69, 9.17) is 16.2 Å². The molecule has 0 spiro atoms. The van der Waals surface area contributed by atoms with Gasteiger partial charge in [-0.2, -0.15) is 5.10 Å². The van der Waals surface area contributed by atoms with Gasteiger partial charge in [-0.15, -0.1) is 0 Å². The lowest BCUT2D eigenvalue weighted by atomic mass is 10.2. The lowest BCUT2D eigenvalue weighted by Gasteiger charge is -2.13. The molecule has 1 aromatic heterocycles. The van der Waals surface area contributed by atoms with Gasteiger partial charge in [0.2, 0.25) is 0 Å². The number of primary amides is 2. The first kappa shape index (κ1) is 15.4. The topological polar surface area (TPSA) is 136 Å². The number of H-pyrrole nitrogens is 1. The van der Waals surface area contributed by atoms with Crippen LogP contribution >= 0.6 is 0 Å². The van der Waals surface area contributed by atoms with Gasteiger partial charge in [-0.25, -0.2) is 0 Å². The van der Waals surface area contributed by atoms with Crippen LogP contribution in [0.3, 0.4) is 0 Å². The molecule has 0 saturated carbocycles. The lowest BCUT2D eigenvalue weighted by molar-refractivity contribution is 0.0989. The van der Waals surface area contributed by atoms with Crippen molar-refractivity contribution in [3.63, 3.8) is 0 Å². The molecule has 1 heterocycles. The Bertz CT molecular complexity index is 664. The number of carbonyl (C=O) groups excluding carboxylic acids is 2. The molecule has 1 aromatic carbocycles. The fourth-order valence-corrected chi connectivity index (χ4v) is 1.86. The number of carbonyl (C=O) groups is 2. The van der Waals surface area contributed by atoms with Crippen molar-refractivity contribution < 1.29 is 14.3 Å². The van der Waals surface area contributed by atoms with Gasteiger partial charge in [0.1, 0.15) is 17.1 Å². The first-order chi connectivity index (χ1) is 10.5. The SMILES string of the molecule is CCCOc1ccccc1Nc1c(C(N)=O)n[nH]c1C(N)=O. The highest BCUT2D eigenvalue weighted by molar-refractivity contribution is 6.05. The van der Waals surface area contributed by atoms with Crippen LogP contribution in [-0.4, -0.2) is 28.6 Å². The second-order valence-electron chi connectivity index (χ2n) is 4.52. The second-order valence-corrected chi connectivity index (χ2v) is 4.52. The Kier molecular flexibility index (Phi) is 4.62. The van der Waals surface area contributed by atoms with Crippen molar-refractivity contribution in [2.75, 3.05) is 11.9 Å². The number of benzene rings is 1. The number of nitrogens with zero attached hydrogens (tertiary/aromatic N) is 1. The van der Waals surface area contributed by atoms with E-state index in [1.807, 2.05) is 13.0 Å². The molecule has 0 saturated heterocycles. The number of aromatic amines is 1. The van der Waals surface area contributed by atoms with Gasteiger partial charge in [-0.1, -0.05) is 19.1 Å². The van der Waals surface area contributed by atoms with E-state index in [2.05, 4.69) is 15.5 Å². The molecular weight excluding hydrogens is 286 g/mol. The number of amides is 2. The number of nitrogens with two attached hydrogens (primary N) is 2. The summed E-state index contributed by atoms with van der Waals surface area (Å²) in [7, 11) is 0. The summed E-state index contributed by atoms with van der Waals surface area (Å²) in [6.07, 6.45) is 0.846. The van der Waals surface area contributed by atoms with Crippen molar-refractivity contribution >= 4 is 23.2 Å². The maximum Gasteiger partial charge on any atom is 0.271 e. The molecule has 2 amide bonds. The number of hydrogen-bond acceptors (Lipinski definition) is 5. The molecule has 0 fully saturated rings. The number of para-hydroxylation sites is 2. The molecule has 2 aromatic rings. The van der Waals surface area contributed by atoms with Gasteiger partial charge in [0.05, 0.1) is 12.3 Å². The predicted molar refractivity (Wildman–Crippen MR) is 81.1 cm³/mol. The van der Waals surface area contributed by atoms with Crippen LogP contribution in [0, 0.1) is 0 Å². The van der Waals surface area contributed by atoms with Gasteiger partial charge >= 0.3 is 0 Å². The molecule has 0 aliphatic heterocycles. The smallest absolute Gasteiger partial charge is 0.271 e. The number of ether oxygens (including phenoxy) is 1. The molecule has 8 heteroatoms. The molecular formula is C14H17N5O3. The maximum absolute atomic E-state index is 11.4. The van der Waals surface area contributed by atoms with Gasteiger partial charge < -0.3 is 21.5 Å². The summed E-state index contributed by atoms with van der Waals surface area (Å²) in [6.45, 7) is 2.53. The second kappa shape index (κ2) is 6.61. The molecule has 0 aliphatic carbocycles. The molecule has 0 aliphatic rings. The lowest BCUT2D eigenvalue weighted by Crippen LogP contribution is -2.16. The van der Waals surface area contributed by atoms with Crippen LogP contribution in [0.1, 0.15) is 34.3 Å². The predicted octanol–water partition coefficient (Wildman–Crippen LogP) is 1.14. The van der Waals surface area contributed by atoms with Crippen LogP contribution < -0.4 is 21.5 Å². The Morgan fingerprint density at radius 1 is 1.27 bits per heavy atom. The Morgan fingerprint density at radius 2 is 2.00 bits per heavy atom. The fraction of sp³-hybridized carbons (Fsp3) is 0.214. The maximum atomic E-state index is 11.4. The summed E-state index contributed by atoms with van der Waals surface area (Å²) in [5.41, 5.74) is 11.1. The first-order valence-corrected chi connectivity index (χ1v) is 6.71. The third kappa shape index (κ3) is 3.17. The zero-order valence-corrected chi connectivity index (χ0v) is 12.1. The standard InChI is InChI=1S/C14H17N5O3/c1-2-7-22-9-6-4-3-5-8(9)17-10-11(13(15)20)18-19-12(10)14(16)21/h3-6,17H,2,7H2,1H3,(H2,15,20)(H2,16,21)(H,18,19). The quantitative estimate of drug-likeness (QED) is 0.608. The van der Waals surface area contributed by atoms with E-state index in [-0.39, 0.29) is 17.1 Å². The number of hydrogen-bond donors (Lipinski definition) is 4. The van der Waals surface area contributed by atoms with Crippen molar-refractivity contribution in [3.8, 4) is 5.75 Å². The Morgan fingerprint density at radius 3 is 2.64 bits per heavy atom. The van der Waals surface area contributed by atoms with Crippen LogP contribution in [0.2, 0.25) is 0 Å². The molecule has 6 N–H and O–H groups in total. The Balaban J connectivity index is 2.40. The molecule has 22 heavy (non-hydrogen) atoms. The minimum absolute atomic E-state index is 0.0286. The van der Waals surface area contributed by atoms with Crippen molar-refractivity contribution in [1.29, 1.82) is 0 Å². The average Bonchev–Trinajstić information content (AvgIpc) is 2.90. The number of rotatable bonds is 7. The summed E-state index contributed by atoms with van der Waals surface area (Å²) in [4.78, 5) is 22.9. The van der Waals surface area contributed by atoms with E-state index in [9.17, 15) is 9.59 Å². The van der Waals surface area contributed by atoms with E-state index >= 15 is 0 Å². The molecule has 2 rings (SSSR count). The highest BCUT2D eigenvalue weighted by atomic mass is 16.5. The van der Waals surface area contributed by atoms with Crippen LogP contribution in [0.4, 0.5) is 11.4 Å². The van der Waals surface area contributed by atoms with Gasteiger partial charge in [0.25, 0.3) is 11.8 Å². The first-order valence-electron chi connectivity index (χ1n) is 6.71. The van der Waals surface area contributed by atoms with Crippen LogP contribution in [-0.2, 0) is 0 Å². The summed E-state index contributed by atoms with van der Waals surface area (Å²) in [6, 6.07) is 7.12. The normalized spacial score (nSPS) is 10.2. The van der Waals surface area contributed by atoms with E-state index in [1.54, 1.807) is 18.2 Å². The van der Waals surface area contributed by atoms with Crippen molar-refractivity contribution in [2.45, 2.75) is 13.3 Å². The molecule has 0 radical (unpaired) electrons. The Hall–Kier alpha value is -3.03. The molecule has 0 atom stereocenters. The molecule has 0 bridgehead atoms. The number of anilines is 2. The molecule has 116 valence electrons. The highest BCUT2D eigenvalue weighted by Crippen LogP contribution is 2.30. The van der Waals surface area contributed by atoms with Crippen molar-refractivity contribution in [3.05, 3.63) is 35.7 Å². The van der Waals surface area contributed by atoms with Crippen molar-refractivity contribution in [2.24, 2.45) is 11.5 Å². The van der Waals surface area contributed by atoms with Gasteiger partial charge in [-0.3, -0.25) is 14.7 Å². The summed E-state index contributed by atoms with van der Waals surface area (Å²) >= 11 is 0. The largest absolute Gasteiger partial charge is 0.491 e.